The van der Waals surface area contributed by atoms with E-state index in [1.165, 1.54) is 6.42 Å². The van der Waals surface area contributed by atoms with Crippen molar-refractivity contribution in [2.45, 2.75) is 51.2 Å². The second-order valence-electron chi connectivity index (χ2n) is 6.02. The maximum absolute atomic E-state index is 12.4. The smallest absolute Gasteiger partial charge is 0.263 e. The van der Waals surface area contributed by atoms with Gasteiger partial charge in [-0.05, 0) is 50.7 Å². The first-order valence-corrected chi connectivity index (χ1v) is 7.92. The number of fused-ring (bicyclic) bond motifs is 1. The molecule has 1 saturated heterocycles. The number of benzene rings is 1. The highest BCUT2D eigenvalue weighted by Gasteiger charge is 2.27. The molecule has 1 aromatic carbocycles. The molecule has 1 amide bonds. The molecule has 1 heterocycles. The molecule has 2 aliphatic rings. The summed E-state index contributed by atoms with van der Waals surface area (Å²) in [5.41, 5.74) is 2.01. The van der Waals surface area contributed by atoms with Crippen LogP contribution in [0.15, 0.2) is 18.2 Å². The minimum atomic E-state index is -0.465. The van der Waals surface area contributed by atoms with E-state index in [4.69, 9.17) is 4.74 Å². The van der Waals surface area contributed by atoms with E-state index in [1.54, 1.807) is 0 Å². The van der Waals surface area contributed by atoms with E-state index in [0.29, 0.717) is 0 Å². The summed E-state index contributed by atoms with van der Waals surface area (Å²) in [7, 11) is 0. The number of carbonyl (C=O) groups is 1. The minimum Gasteiger partial charge on any atom is -0.481 e. The van der Waals surface area contributed by atoms with E-state index in [9.17, 15) is 9.90 Å². The maximum Gasteiger partial charge on any atom is 0.263 e. The molecule has 4 nitrogen and oxygen atoms in total. The monoisotopic (exact) mass is 289 g/mol. The second-order valence-corrected chi connectivity index (χ2v) is 6.02. The number of likely N-dealkylation sites (tertiary alicyclic amines) is 1. The number of aliphatic hydroxyl groups is 1. The first-order chi connectivity index (χ1) is 10.2. The summed E-state index contributed by atoms with van der Waals surface area (Å²) in [6, 6.07) is 5.73. The lowest BCUT2D eigenvalue weighted by Crippen LogP contribution is -2.43. The normalized spacial score (nSPS) is 22.8. The van der Waals surface area contributed by atoms with Gasteiger partial charge in [-0.15, -0.1) is 0 Å². The Labute approximate surface area is 125 Å². The van der Waals surface area contributed by atoms with Gasteiger partial charge < -0.3 is 14.7 Å². The highest BCUT2D eigenvalue weighted by atomic mass is 16.5. The van der Waals surface area contributed by atoms with Crippen molar-refractivity contribution in [1.82, 2.24) is 4.90 Å². The third-order valence-electron chi connectivity index (χ3n) is 4.52. The molecule has 2 atom stereocenters. The number of ether oxygens (including phenoxy) is 1. The Morgan fingerprint density at radius 1 is 1.33 bits per heavy atom. The molecule has 114 valence electrons. The van der Waals surface area contributed by atoms with Crippen molar-refractivity contribution in [3.8, 4) is 5.75 Å². The summed E-state index contributed by atoms with van der Waals surface area (Å²) in [5.74, 6) is 0.827. The van der Waals surface area contributed by atoms with Crippen molar-refractivity contribution in [3.63, 3.8) is 0 Å². The average molecular weight is 289 g/mol. The lowest BCUT2D eigenvalue weighted by Gasteiger charge is -2.29. The average Bonchev–Trinajstić information content (AvgIpc) is 2.90. The van der Waals surface area contributed by atoms with Crippen molar-refractivity contribution in [3.05, 3.63) is 29.3 Å². The Kier molecular flexibility index (Phi) is 4.15. The molecular formula is C17H23NO3. The summed E-state index contributed by atoms with van der Waals surface area (Å²) in [4.78, 5) is 14.3. The molecule has 0 aromatic heterocycles. The summed E-state index contributed by atoms with van der Waals surface area (Å²) in [6.07, 6.45) is 4.09. The molecule has 0 bridgehead atoms. The van der Waals surface area contributed by atoms with Crippen molar-refractivity contribution in [1.29, 1.82) is 0 Å². The molecule has 4 heteroatoms. The standard InChI is InChI=1S/C17H23NO3/c1-12(17(20)18-10-3-2-4-11-18)21-16-7-5-6-13-14(16)8-9-15(13)19/h5-7,12,15,19H,2-4,8-11H2,1H3. The number of amides is 1. The van der Waals surface area contributed by atoms with E-state index in [0.717, 1.165) is 55.6 Å². The molecule has 1 aromatic rings. The van der Waals surface area contributed by atoms with Crippen LogP contribution >= 0.6 is 0 Å². The number of rotatable bonds is 3. The summed E-state index contributed by atoms with van der Waals surface area (Å²) in [6.45, 7) is 3.51. The van der Waals surface area contributed by atoms with Crippen LogP contribution in [-0.2, 0) is 11.2 Å². The van der Waals surface area contributed by atoms with Gasteiger partial charge in [0, 0.05) is 18.7 Å². The molecule has 1 fully saturated rings. The van der Waals surface area contributed by atoms with Gasteiger partial charge in [-0.25, -0.2) is 0 Å². The van der Waals surface area contributed by atoms with Crippen LogP contribution in [0, 0.1) is 0 Å². The molecule has 0 saturated carbocycles. The lowest BCUT2D eigenvalue weighted by molar-refractivity contribution is -0.138. The van der Waals surface area contributed by atoms with Gasteiger partial charge in [-0.2, -0.15) is 0 Å². The Bertz CT molecular complexity index is 523. The van der Waals surface area contributed by atoms with Crippen LogP contribution < -0.4 is 4.74 Å². The third-order valence-corrected chi connectivity index (χ3v) is 4.52. The van der Waals surface area contributed by atoms with E-state index < -0.39 is 12.2 Å². The van der Waals surface area contributed by atoms with Crippen LogP contribution in [0.3, 0.4) is 0 Å². The molecule has 2 unspecified atom stereocenters. The van der Waals surface area contributed by atoms with Gasteiger partial charge in [0.15, 0.2) is 6.10 Å². The number of piperidine rings is 1. The number of nitrogens with zero attached hydrogens (tertiary/aromatic N) is 1. The molecule has 0 radical (unpaired) electrons. The van der Waals surface area contributed by atoms with Crippen LogP contribution in [0.5, 0.6) is 5.75 Å². The predicted molar refractivity (Wildman–Crippen MR) is 80.2 cm³/mol. The largest absolute Gasteiger partial charge is 0.481 e. The van der Waals surface area contributed by atoms with Gasteiger partial charge in [0.25, 0.3) is 5.91 Å². The predicted octanol–water partition coefficient (Wildman–Crippen LogP) is 2.45. The first kappa shape index (κ1) is 14.4. The maximum atomic E-state index is 12.4. The van der Waals surface area contributed by atoms with Gasteiger partial charge in [-0.3, -0.25) is 4.79 Å². The molecule has 21 heavy (non-hydrogen) atoms. The molecular weight excluding hydrogens is 266 g/mol. The zero-order valence-corrected chi connectivity index (χ0v) is 12.5. The van der Waals surface area contributed by atoms with Crippen LogP contribution in [0.25, 0.3) is 0 Å². The summed E-state index contributed by atoms with van der Waals surface area (Å²) < 4.78 is 5.92. The minimum absolute atomic E-state index is 0.0749. The van der Waals surface area contributed by atoms with Gasteiger partial charge in [0.1, 0.15) is 5.75 Å². The number of aliphatic hydroxyl groups excluding tert-OH is 1. The molecule has 1 N–H and O–H groups in total. The second kappa shape index (κ2) is 6.06. The van der Waals surface area contributed by atoms with Gasteiger partial charge in [0.05, 0.1) is 6.10 Å². The van der Waals surface area contributed by atoms with Crippen molar-refractivity contribution in [2.24, 2.45) is 0 Å². The van der Waals surface area contributed by atoms with E-state index in [1.807, 2.05) is 30.0 Å². The lowest BCUT2D eigenvalue weighted by atomic mass is 10.1. The quantitative estimate of drug-likeness (QED) is 0.930. The fourth-order valence-corrected chi connectivity index (χ4v) is 3.32. The van der Waals surface area contributed by atoms with Gasteiger partial charge in [0.2, 0.25) is 0 Å². The fraction of sp³-hybridized carbons (Fsp3) is 0.588. The SMILES string of the molecule is CC(Oc1cccc2c1CCC2O)C(=O)N1CCCCC1. The molecule has 3 rings (SSSR count). The molecule has 0 spiro atoms. The van der Waals surface area contributed by atoms with Gasteiger partial charge >= 0.3 is 0 Å². The first-order valence-electron chi connectivity index (χ1n) is 7.92. The van der Waals surface area contributed by atoms with Gasteiger partial charge in [-0.1, -0.05) is 12.1 Å². The van der Waals surface area contributed by atoms with Crippen LogP contribution in [0.1, 0.15) is 49.8 Å². The summed E-state index contributed by atoms with van der Waals surface area (Å²) in [5, 5.41) is 9.92. The molecule has 1 aliphatic heterocycles. The molecule has 1 aliphatic carbocycles. The van der Waals surface area contributed by atoms with Crippen LogP contribution in [0.2, 0.25) is 0 Å². The van der Waals surface area contributed by atoms with Crippen molar-refractivity contribution in [2.75, 3.05) is 13.1 Å². The Morgan fingerprint density at radius 2 is 2.10 bits per heavy atom. The van der Waals surface area contributed by atoms with Crippen molar-refractivity contribution >= 4 is 5.91 Å². The third kappa shape index (κ3) is 2.91. The van der Waals surface area contributed by atoms with Crippen LogP contribution in [0.4, 0.5) is 0 Å². The Balaban J connectivity index is 1.70. The van der Waals surface area contributed by atoms with Crippen LogP contribution in [-0.4, -0.2) is 35.1 Å². The number of hydrogen-bond acceptors (Lipinski definition) is 3. The highest BCUT2D eigenvalue weighted by Crippen LogP contribution is 2.37. The summed E-state index contributed by atoms with van der Waals surface area (Å²) >= 11 is 0. The van der Waals surface area contributed by atoms with E-state index >= 15 is 0 Å². The number of hydrogen-bond donors (Lipinski definition) is 1. The van der Waals surface area contributed by atoms with Crippen molar-refractivity contribution < 1.29 is 14.6 Å². The fourth-order valence-electron chi connectivity index (χ4n) is 3.32. The van der Waals surface area contributed by atoms with E-state index in [2.05, 4.69) is 0 Å². The van der Waals surface area contributed by atoms with E-state index in [-0.39, 0.29) is 5.91 Å². The Morgan fingerprint density at radius 3 is 2.86 bits per heavy atom. The topological polar surface area (TPSA) is 49.8 Å². The Hall–Kier alpha value is -1.55. The highest BCUT2D eigenvalue weighted by molar-refractivity contribution is 5.81. The zero-order chi connectivity index (χ0) is 14.8. The number of carbonyl (C=O) groups excluding carboxylic acids is 1. The zero-order valence-electron chi connectivity index (χ0n) is 12.5.